The maximum Gasteiger partial charge on any atom is 0.410 e. The van der Waals surface area contributed by atoms with Gasteiger partial charge in [0.2, 0.25) is 0 Å². The Morgan fingerprint density at radius 2 is 1.79 bits per heavy atom. The Morgan fingerprint density at radius 1 is 1.17 bits per heavy atom. The average molecular weight is 329 g/mol. The van der Waals surface area contributed by atoms with Crippen LogP contribution in [0.15, 0.2) is 24.3 Å². The van der Waals surface area contributed by atoms with E-state index < -0.39 is 5.60 Å². The van der Waals surface area contributed by atoms with Gasteiger partial charge in [-0.1, -0.05) is 11.8 Å². The maximum atomic E-state index is 12.1. The second kappa shape index (κ2) is 8.07. The smallest absolute Gasteiger partial charge is 0.410 e. The van der Waals surface area contributed by atoms with Gasteiger partial charge in [-0.2, -0.15) is 0 Å². The Bertz CT molecular complexity index is 600. The quantitative estimate of drug-likeness (QED) is 0.846. The zero-order valence-corrected chi connectivity index (χ0v) is 15.1. The van der Waals surface area contributed by atoms with Crippen LogP contribution < -0.4 is 10.2 Å². The van der Waals surface area contributed by atoms with Crippen LogP contribution in [0.4, 0.5) is 10.5 Å². The number of amides is 1. The molecule has 0 aromatic heterocycles. The molecule has 24 heavy (non-hydrogen) atoms. The van der Waals surface area contributed by atoms with Gasteiger partial charge in [-0.05, 0) is 52.1 Å². The minimum absolute atomic E-state index is 0.225. The molecule has 0 aliphatic carbocycles. The van der Waals surface area contributed by atoms with Gasteiger partial charge in [-0.15, -0.1) is 0 Å². The molecule has 130 valence electrons. The lowest BCUT2D eigenvalue weighted by atomic mass is 10.2. The minimum atomic E-state index is -0.446. The summed E-state index contributed by atoms with van der Waals surface area (Å²) in [7, 11) is 1.88. The van der Waals surface area contributed by atoms with Crippen LogP contribution in [0.3, 0.4) is 0 Å². The summed E-state index contributed by atoms with van der Waals surface area (Å²) in [6.45, 7) is 9.34. The highest BCUT2D eigenvalue weighted by molar-refractivity contribution is 5.68. The number of ether oxygens (including phenoxy) is 1. The highest BCUT2D eigenvalue weighted by Crippen LogP contribution is 2.18. The number of benzene rings is 1. The minimum Gasteiger partial charge on any atom is -0.444 e. The van der Waals surface area contributed by atoms with E-state index in [9.17, 15) is 4.79 Å². The largest absolute Gasteiger partial charge is 0.444 e. The van der Waals surface area contributed by atoms with Gasteiger partial charge in [-0.3, -0.25) is 0 Å². The molecule has 2 rings (SSSR count). The number of carbonyl (C=O) groups excluding carboxylic acids is 1. The van der Waals surface area contributed by atoms with Crippen molar-refractivity contribution in [1.29, 1.82) is 0 Å². The van der Waals surface area contributed by atoms with Gasteiger partial charge in [0.05, 0.1) is 6.54 Å². The molecular weight excluding hydrogens is 302 g/mol. The first-order valence-corrected chi connectivity index (χ1v) is 8.35. The van der Waals surface area contributed by atoms with Crippen LogP contribution >= 0.6 is 0 Å². The zero-order chi connectivity index (χ0) is 17.6. The molecule has 1 fully saturated rings. The number of nitrogens with one attached hydrogen (secondary N) is 1. The third-order valence-corrected chi connectivity index (χ3v) is 3.66. The molecule has 1 saturated heterocycles. The first-order valence-electron chi connectivity index (χ1n) is 8.35. The summed E-state index contributed by atoms with van der Waals surface area (Å²) in [6.07, 6.45) is -0.225. The average Bonchev–Trinajstić information content (AvgIpc) is 2.54. The highest BCUT2D eigenvalue weighted by atomic mass is 16.6. The van der Waals surface area contributed by atoms with Crippen LogP contribution in [0.1, 0.15) is 26.3 Å². The van der Waals surface area contributed by atoms with Crippen molar-refractivity contribution >= 4 is 11.8 Å². The molecule has 1 heterocycles. The van der Waals surface area contributed by atoms with E-state index in [4.69, 9.17) is 4.74 Å². The third-order valence-electron chi connectivity index (χ3n) is 3.66. The molecule has 1 amide bonds. The summed E-state index contributed by atoms with van der Waals surface area (Å²) < 4.78 is 5.43. The van der Waals surface area contributed by atoms with Crippen molar-refractivity contribution in [2.75, 3.05) is 44.7 Å². The number of piperazine rings is 1. The second-order valence-electron chi connectivity index (χ2n) is 6.83. The number of carbonyl (C=O) groups is 1. The van der Waals surface area contributed by atoms with Crippen molar-refractivity contribution in [3.63, 3.8) is 0 Å². The number of rotatable bonds is 2. The summed E-state index contributed by atoms with van der Waals surface area (Å²) in [4.78, 5) is 16.2. The lowest BCUT2D eigenvalue weighted by Crippen LogP contribution is -2.50. The molecule has 1 aliphatic rings. The van der Waals surface area contributed by atoms with E-state index in [1.165, 1.54) is 0 Å². The van der Waals surface area contributed by atoms with Crippen LogP contribution in [0, 0.1) is 11.8 Å². The molecule has 0 spiro atoms. The molecule has 0 unspecified atom stereocenters. The van der Waals surface area contributed by atoms with Gasteiger partial charge in [0.15, 0.2) is 0 Å². The summed E-state index contributed by atoms with van der Waals surface area (Å²) >= 11 is 0. The Balaban J connectivity index is 1.88. The maximum absolute atomic E-state index is 12.1. The van der Waals surface area contributed by atoms with Crippen molar-refractivity contribution < 1.29 is 9.53 Å². The SMILES string of the molecule is CNCC#Cc1ccc(N2CCN(C(=O)OC(C)(C)C)CC2)cc1. The van der Waals surface area contributed by atoms with E-state index in [1.54, 1.807) is 4.90 Å². The predicted molar refractivity (Wildman–Crippen MR) is 97.3 cm³/mol. The summed E-state index contributed by atoms with van der Waals surface area (Å²) in [5.74, 6) is 6.17. The molecule has 0 saturated carbocycles. The molecule has 0 atom stereocenters. The first-order chi connectivity index (χ1) is 11.4. The molecular formula is C19H27N3O2. The zero-order valence-electron chi connectivity index (χ0n) is 15.1. The van der Waals surface area contributed by atoms with Gasteiger partial charge in [0.1, 0.15) is 5.60 Å². The van der Waals surface area contributed by atoms with E-state index in [1.807, 2.05) is 40.0 Å². The number of nitrogens with zero attached hydrogens (tertiary/aromatic N) is 2. The van der Waals surface area contributed by atoms with Gasteiger partial charge in [-0.25, -0.2) is 4.79 Å². The molecule has 1 aromatic carbocycles. The van der Waals surface area contributed by atoms with Crippen molar-refractivity contribution in [1.82, 2.24) is 10.2 Å². The van der Waals surface area contributed by atoms with Crippen molar-refractivity contribution in [2.24, 2.45) is 0 Å². The summed E-state index contributed by atoms with van der Waals surface area (Å²) in [5.41, 5.74) is 1.73. The lowest BCUT2D eigenvalue weighted by Gasteiger charge is -2.36. The third kappa shape index (κ3) is 5.47. The van der Waals surface area contributed by atoms with Crippen LogP contribution in [-0.2, 0) is 4.74 Å². The van der Waals surface area contributed by atoms with Gasteiger partial charge in [0.25, 0.3) is 0 Å². The predicted octanol–water partition coefficient (Wildman–Crippen LogP) is 2.31. The van der Waals surface area contributed by atoms with Gasteiger partial charge >= 0.3 is 6.09 Å². The van der Waals surface area contributed by atoms with Crippen LogP contribution in [0.5, 0.6) is 0 Å². The normalized spacial score (nSPS) is 14.8. The Kier molecular flexibility index (Phi) is 6.10. The monoisotopic (exact) mass is 329 g/mol. The van der Waals surface area contributed by atoms with E-state index in [-0.39, 0.29) is 6.09 Å². The van der Waals surface area contributed by atoms with Crippen LogP contribution in [0.2, 0.25) is 0 Å². The first kappa shape index (κ1) is 18.2. The Labute approximate surface area is 145 Å². The Morgan fingerprint density at radius 3 is 2.33 bits per heavy atom. The van der Waals surface area contributed by atoms with E-state index >= 15 is 0 Å². The molecule has 5 nitrogen and oxygen atoms in total. The lowest BCUT2D eigenvalue weighted by molar-refractivity contribution is 0.0240. The fraction of sp³-hybridized carbons (Fsp3) is 0.526. The van der Waals surface area contributed by atoms with Gasteiger partial charge in [0, 0.05) is 37.4 Å². The van der Waals surface area contributed by atoms with E-state index in [2.05, 4.69) is 34.2 Å². The van der Waals surface area contributed by atoms with Crippen molar-refractivity contribution in [2.45, 2.75) is 26.4 Å². The summed E-state index contributed by atoms with van der Waals surface area (Å²) in [6, 6.07) is 8.26. The number of anilines is 1. The van der Waals surface area contributed by atoms with Crippen LogP contribution in [0.25, 0.3) is 0 Å². The fourth-order valence-corrected chi connectivity index (χ4v) is 2.46. The molecule has 0 bridgehead atoms. The van der Waals surface area contributed by atoms with E-state index in [0.29, 0.717) is 19.6 Å². The topological polar surface area (TPSA) is 44.8 Å². The molecule has 1 aliphatic heterocycles. The van der Waals surface area contributed by atoms with Crippen molar-refractivity contribution in [3.8, 4) is 11.8 Å². The molecule has 1 N–H and O–H groups in total. The van der Waals surface area contributed by atoms with Crippen LogP contribution in [-0.4, -0.2) is 56.4 Å². The second-order valence-corrected chi connectivity index (χ2v) is 6.83. The van der Waals surface area contributed by atoms with E-state index in [0.717, 1.165) is 24.3 Å². The standard InChI is InChI=1S/C19H27N3O2/c1-19(2,3)24-18(23)22-14-12-21(13-15-22)17-9-7-16(8-10-17)6-5-11-20-4/h7-10,20H,11-15H2,1-4H3. The molecule has 1 aromatic rings. The molecule has 5 heteroatoms. The Hall–Kier alpha value is -2.19. The summed E-state index contributed by atoms with van der Waals surface area (Å²) in [5, 5.41) is 3.00. The van der Waals surface area contributed by atoms with Crippen molar-refractivity contribution in [3.05, 3.63) is 29.8 Å². The molecule has 0 radical (unpaired) electrons. The fourth-order valence-electron chi connectivity index (χ4n) is 2.46. The highest BCUT2D eigenvalue weighted by Gasteiger charge is 2.25. The number of hydrogen-bond donors (Lipinski definition) is 1. The number of hydrogen-bond acceptors (Lipinski definition) is 4. The van der Waals surface area contributed by atoms with Gasteiger partial charge < -0.3 is 19.9 Å².